The Hall–Kier alpha value is -1.40. The smallest absolute Gasteiger partial charge is 0.237 e. The van der Waals surface area contributed by atoms with E-state index in [0.717, 1.165) is 57.0 Å². The van der Waals surface area contributed by atoms with E-state index in [9.17, 15) is 4.79 Å². The summed E-state index contributed by atoms with van der Waals surface area (Å²) in [4.78, 5) is 14.5. The average Bonchev–Trinajstić information content (AvgIpc) is 3.17. The Labute approximate surface area is 131 Å². The van der Waals surface area contributed by atoms with Crippen LogP contribution in [0.4, 0.5) is 0 Å². The monoisotopic (exact) mass is 306 g/mol. The Bertz CT molecular complexity index is 496. The van der Waals surface area contributed by atoms with Crippen LogP contribution < -0.4 is 10.6 Å². The Kier molecular flexibility index (Phi) is 5.10. The lowest BCUT2D eigenvalue weighted by molar-refractivity contribution is -0.123. The molecule has 2 fully saturated rings. The molecule has 0 aliphatic carbocycles. The van der Waals surface area contributed by atoms with Crippen molar-refractivity contribution in [3.63, 3.8) is 0 Å². The van der Waals surface area contributed by atoms with Gasteiger partial charge in [0.05, 0.1) is 11.7 Å². The molecule has 0 radical (unpaired) electrons. The van der Waals surface area contributed by atoms with E-state index in [0.29, 0.717) is 5.92 Å². The zero-order valence-electron chi connectivity index (χ0n) is 13.3. The van der Waals surface area contributed by atoms with Crippen molar-refractivity contribution < 1.29 is 9.32 Å². The molecule has 6 heteroatoms. The summed E-state index contributed by atoms with van der Waals surface area (Å²) in [6.07, 6.45) is 4.44. The molecule has 2 aliphatic rings. The van der Waals surface area contributed by atoms with Crippen molar-refractivity contribution in [1.29, 1.82) is 0 Å². The number of hydrogen-bond acceptors (Lipinski definition) is 5. The highest BCUT2D eigenvalue weighted by Crippen LogP contribution is 2.18. The van der Waals surface area contributed by atoms with Crippen molar-refractivity contribution >= 4 is 5.91 Å². The van der Waals surface area contributed by atoms with Gasteiger partial charge in [-0.05, 0) is 51.6 Å². The van der Waals surface area contributed by atoms with Gasteiger partial charge in [0.25, 0.3) is 0 Å². The maximum Gasteiger partial charge on any atom is 0.237 e. The summed E-state index contributed by atoms with van der Waals surface area (Å²) in [5.41, 5.74) is 0.998. The Morgan fingerprint density at radius 2 is 2.41 bits per heavy atom. The van der Waals surface area contributed by atoms with Crippen LogP contribution in [0.3, 0.4) is 0 Å². The van der Waals surface area contributed by atoms with Gasteiger partial charge in [0, 0.05) is 25.7 Å². The van der Waals surface area contributed by atoms with Gasteiger partial charge in [-0.2, -0.15) is 0 Å². The molecule has 22 heavy (non-hydrogen) atoms. The summed E-state index contributed by atoms with van der Waals surface area (Å²) >= 11 is 0. The molecule has 6 nitrogen and oxygen atoms in total. The minimum Gasteiger partial charge on any atom is -0.361 e. The summed E-state index contributed by atoms with van der Waals surface area (Å²) < 4.78 is 5.13. The third-order valence-electron chi connectivity index (χ3n) is 4.61. The summed E-state index contributed by atoms with van der Waals surface area (Å²) in [6.45, 7) is 6.62. The van der Waals surface area contributed by atoms with E-state index in [2.05, 4.69) is 20.7 Å². The Balaban J connectivity index is 1.43. The topological polar surface area (TPSA) is 70.4 Å². The van der Waals surface area contributed by atoms with Crippen molar-refractivity contribution in [2.45, 2.75) is 45.2 Å². The first-order valence-corrected chi connectivity index (χ1v) is 8.36. The van der Waals surface area contributed by atoms with Crippen LogP contribution in [0.1, 0.15) is 37.1 Å². The fraction of sp³-hybridized carbons (Fsp3) is 0.750. The van der Waals surface area contributed by atoms with Crippen LogP contribution in [0.15, 0.2) is 10.6 Å². The first-order chi connectivity index (χ1) is 10.7. The molecule has 1 aromatic rings. The standard InChI is InChI=1S/C16H26N4O2/c1-12-8-14(19-22-12)11-20-7-3-4-13(10-20)9-18-16(21)15-5-2-6-17-15/h8,13,15,17H,2-7,9-11H2,1H3,(H,18,21). The predicted octanol–water partition coefficient (Wildman–Crippen LogP) is 1.06. The summed E-state index contributed by atoms with van der Waals surface area (Å²) in [5, 5.41) is 10.4. The number of piperidine rings is 1. The second kappa shape index (κ2) is 7.24. The van der Waals surface area contributed by atoms with Gasteiger partial charge in [-0.1, -0.05) is 5.16 Å². The maximum atomic E-state index is 12.1. The van der Waals surface area contributed by atoms with Crippen LogP contribution in [0.25, 0.3) is 0 Å². The zero-order chi connectivity index (χ0) is 15.4. The van der Waals surface area contributed by atoms with E-state index in [1.54, 1.807) is 0 Å². The molecular weight excluding hydrogens is 280 g/mol. The zero-order valence-corrected chi connectivity index (χ0v) is 13.3. The van der Waals surface area contributed by atoms with E-state index in [1.165, 1.54) is 12.8 Å². The highest BCUT2D eigenvalue weighted by atomic mass is 16.5. The van der Waals surface area contributed by atoms with Crippen LogP contribution in [0.5, 0.6) is 0 Å². The number of hydrogen-bond donors (Lipinski definition) is 2. The van der Waals surface area contributed by atoms with Gasteiger partial charge in [0.15, 0.2) is 0 Å². The fourth-order valence-corrected chi connectivity index (χ4v) is 3.46. The highest BCUT2D eigenvalue weighted by molar-refractivity contribution is 5.81. The minimum absolute atomic E-state index is 0.0257. The number of rotatable bonds is 5. The normalized spacial score (nSPS) is 26.2. The van der Waals surface area contributed by atoms with E-state index in [1.807, 2.05) is 13.0 Å². The quantitative estimate of drug-likeness (QED) is 0.851. The number of nitrogens with zero attached hydrogens (tertiary/aromatic N) is 2. The molecule has 0 saturated carbocycles. The molecule has 0 spiro atoms. The molecule has 2 unspecified atom stereocenters. The van der Waals surface area contributed by atoms with Gasteiger partial charge in [-0.25, -0.2) is 0 Å². The average molecular weight is 306 g/mol. The van der Waals surface area contributed by atoms with Crippen LogP contribution >= 0.6 is 0 Å². The predicted molar refractivity (Wildman–Crippen MR) is 83.3 cm³/mol. The Morgan fingerprint density at radius 1 is 1.50 bits per heavy atom. The molecule has 1 amide bonds. The van der Waals surface area contributed by atoms with Crippen molar-refractivity contribution in [1.82, 2.24) is 20.7 Å². The highest BCUT2D eigenvalue weighted by Gasteiger charge is 2.24. The van der Waals surface area contributed by atoms with Crippen molar-refractivity contribution in [3.8, 4) is 0 Å². The molecule has 1 aromatic heterocycles. The van der Waals surface area contributed by atoms with Gasteiger partial charge >= 0.3 is 0 Å². The molecular formula is C16H26N4O2. The van der Waals surface area contributed by atoms with Gasteiger partial charge in [0.1, 0.15) is 5.76 Å². The first kappa shape index (κ1) is 15.5. The minimum atomic E-state index is 0.0257. The van der Waals surface area contributed by atoms with Gasteiger partial charge in [-0.3, -0.25) is 9.69 Å². The Morgan fingerprint density at radius 3 is 3.14 bits per heavy atom. The lowest BCUT2D eigenvalue weighted by atomic mass is 9.97. The summed E-state index contributed by atoms with van der Waals surface area (Å²) in [6, 6.07) is 2.02. The molecule has 3 rings (SSSR count). The largest absolute Gasteiger partial charge is 0.361 e. The molecule has 2 atom stereocenters. The third kappa shape index (κ3) is 4.08. The number of nitrogens with one attached hydrogen (secondary N) is 2. The third-order valence-corrected chi connectivity index (χ3v) is 4.61. The van der Waals surface area contributed by atoms with Gasteiger partial charge in [0.2, 0.25) is 5.91 Å². The van der Waals surface area contributed by atoms with Crippen molar-refractivity contribution in [3.05, 3.63) is 17.5 Å². The van der Waals surface area contributed by atoms with E-state index in [-0.39, 0.29) is 11.9 Å². The number of carbonyl (C=O) groups is 1. The van der Waals surface area contributed by atoms with Crippen molar-refractivity contribution in [2.75, 3.05) is 26.2 Å². The molecule has 3 heterocycles. The molecule has 2 aliphatic heterocycles. The van der Waals surface area contributed by atoms with Crippen LogP contribution in [0.2, 0.25) is 0 Å². The number of amides is 1. The molecule has 2 N–H and O–H groups in total. The molecule has 122 valence electrons. The number of carbonyl (C=O) groups excluding carboxylic acids is 1. The number of likely N-dealkylation sites (tertiary alicyclic amines) is 1. The summed E-state index contributed by atoms with van der Waals surface area (Å²) in [5.74, 6) is 1.56. The molecule has 2 saturated heterocycles. The lowest BCUT2D eigenvalue weighted by Gasteiger charge is -2.32. The molecule has 0 bridgehead atoms. The lowest BCUT2D eigenvalue weighted by Crippen LogP contribution is -2.45. The maximum absolute atomic E-state index is 12.1. The first-order valence-electron chi connectivity index (χ1n) is 8.36. The number of aromatic nitrogens is 1. The van der Waals surface area contributed by atoms with Gasteiger partial charge < -0.3 is 15.2 Å². The van der Waals surface area contributed by atoms with Crippen LogP contribution in [0, 0.1) is 12.8 Å². The van der Waals surface area contributed by atoms with Crippen LogP contribution in [-0.4, -0.2) is 48.2 Å². The van der Waals surface area contributed by atoms with E-state index in [4.69, 9.17) is 4.52 Å². The number of aryl methyl sites for hydroxylation is 1. The second-order valence-electron chi connectivity index (χ2n) is 6.57. The van der Waals surface area contributed by atoms with E-state index < -0.39 is 0 Å². The summed E-state index contributed by atoms with van der Waals surface area (Å²) in [7, 11) is 0. The van der Waals surface area contributed by atoms with Crippen LogP contribution in [-0.2, 0) is 11.3 Å². The molecule has 0 aromatic carbocycles. The van der Waals surface area contributed by atoms with E-state index >= 15 is 0 Å². The second-order valence-corrected chi connectivity index (χ2v) is 6.57. The van der Waals surface area contributed by atoms with Gasteiger partial charge in [-0.15, -0.1) is 0 Å². The fourth-order valence-electron chi connectivity index (χ4n) is 3.46. The van der Waals surface area contributed by atoms with Crippen molar-refractivity contribution in [2.24, 2.45) is 5.92 Å². The SMILES string of the molecule is Cc1cc(CN2CCCC(CNC(=O)C3CCCN3)C2)no1.